The molecule has 0 spiro atoms. The van der Waals surface area contributed by atoms with E-state index in [-0.39, 0.29) is 5.91 Å². The minimum absolute atomic E-state index is 0.0727. The van der Waals surface area contributed by atoms with Crippen molar-refractivity contribution < 1.29 is 9.53 Å². The predicted molar refractivity (Wildman–Crippen MR) is 120 cm³/mol. The standard InChI is InChI=1S/C23H19NO2S2/c1-15-10-11-20(18(12-15)13-21-22(25)24(2)23(27)28-21)26-14-17-8-5-7-16-6-3-4-9-19(16)17/h3-13H,14H2,1-2H3/b21-13-. The van der Waals surface area contributed by atoms with Crippen LogP contribution >= 0.6 is 24.0 Å². The van der Waals surface area contributed by atoms with Gasteiger partial charge in [-0.25, -0.2) is 0 Å². The van der Waals surface area contributed by atoms with Gasteiger partial charge < -0.3 is 4.74 Å². The van der Waals surface area contributed by atoms with Crippen LogP contribution in [-0.2, 0) is 11.4 Å². The van der Waals surface area contributed by atoms with E-state index in [9.17, 15) is 4.79 Å². The number of amides is 1. The molecule has 0 saturated carbocycles. The third-order valence-electron chi connectivity index (χ3n) is 4.70. The van der Waals surface area contributed by atoms with Crippen LogP contribution in [0, 0.1) is 6.92 Å². The van der Waals surface area contributed by atoms with Crippen LogP contribution < -0.4 is 4.74 Å². The number of carbonyl (C=O) groups excluding carboxylic acids is 1. The summed E-state index contributed by atoms with van der Waals surface area (Å²) in [5.74, 6) is 0.677. The Labute approximate surface area is 174 Å². The molecule has 0 atom stereocenters. The number of thioether (sulfide) groups is 1. The first-order valence-corrected chi connectivity index (χ1v) is 10.2. The van der Waals surface area contributed by atoms with Crippen molar-refractivity contribution in [1.29, 1.82) is 0 Å². The lowest BCUT2D eigenvalue weighted by Crippen LogP contribution is -2.22. The highest BCUT2D eigenvalue weighted by Crippen LogP contribution is 2.34. The number of hydrogen-bond donors (Lipinski definition) is 0. The number of ether oxygens (including phenoxy) is 1. The Balaban J connectivity index is 1.64. The second-order valence-electron chi connectivity index (χ2n) is 6.71. The van der Waals surface area contributed by atoms with Crippen LogP contribution in [0.25, 0.3) is 16.8 Å². The van der Waals surface area contributed by atoms with Crippen LogP contribution in [0.5, 0.6) is 5.75 Å². The molecule has 0 aliphatic carbocycles. The molecule has 0 radical (unpaired) electrons. The topological polar surface area (TPSA) is 29.5 Å². The molecule has 1 saturated heterocycles. The average Bonchev–Trinajstić information content (AvgIpc) is 2.94. The molecule has 3 aromatic rings. The molecule has 0 N–H and O–H groups in total. The number of rotatable bonds is 4. The molecule has 0 bridgehead atoms. The summed E-state index contributed by atoms with van der Waals surface area (Å²) in [6, 6.07) is 20.5. The zero-order valence-electron chi connectivity index (χ0n) is 15.6. The summed E-state index contributed by atoms with van der Waals surface area (Å²) in [6.45, 7) is 2.48. The third kappa shape index (κ3) is 3.68. The van der Waals surface area contributed by atoms with Gasteiger partial charge in [-0.15, -0.1) is 0 Å². The number of aryl methyl sites for hydroxylation is 1. The number of nitrogens with zero attached hydrogens (tertiary/aromatic N) is 1. The van der Waals surface area contributed by atoms with E-state index in [0.29, 0.717) is 15.8 Å². The van der Waals surface area contributed by atoms with E-state index in [0.717, 1.165) is 22.4 Å². The summed E-state index contributed by atoms with van der Waals surface area (Å²) < 4.78 is 6.75. The van der Waals surface area contributed by atoms with Crippen LogP contribution in [0.4, 0.5) is 0 Å². The van der Waals surface area contributed by atoms with E-state index in [1.54, 1.807) is 7.05 Å². The van der Waals surface area contributed by atoms with Gasteiger partial charge in [-0.05, 0) is 41.5 Å². The molecule has 4 rings (SSSR count). The van der Waals surface area contributed by atoms with Crippen molar-refractivity contribution in [3.63, 3.8) is 0 Å². The van der Waals surface area contributed by atoms with Gasteiger partial charge in [-0.1, -0.05) is 78.1 Å². The van der Waals surface area contributed by atoms with E-state index in [1.165, 1.54) is 27.4 Å². The van der Waals surface area contributed by atoms with Crippen molar-refractivity contribution in [2.24, 2.45) is 0 Å². The lowest BCUT2D eigenvalue weighted by atomic mass is 10.1. The Kier molecular flexibility index (Phi) is 5.20. The van der Waals surface area contributed by atoms with Gasteiger partial charge in [0.1, 0.15) is 16.7 Å². The van der Waals surface area contributed by atoms with Gasteiger partial charge in [-0.3, -0.25) is 9.69 Å². The maximum Gasteiger partial charge on any atom is 0.265 e. The molecule has 140 valence electrons. The largest absolute Gasteiger partial charge is 0.488 e. The second kappa shape index (κ2) is 7.78. The predicted octanol–water partition coefficient (Wildman–Crippen LogP) is 5.56. The Hall–Kier alpha value is -2.63. The van der Waals surface area contributed by atoms with Crippen LogP contribution in [0.1, 0.15) is 16.7 Å². The molecule has 0 unspecified atom stereocenters. The molecule has 1 fully saturated rings. The fourth-order valence-corrected chi connectivity index (χ4v) is 4.34. The summed E-state index contributed by atoms with van der Waals surface area (Å²) in [5.41, 5.74) is 3.12. The molecule has 1 amide bonds. The SMILES string of the molecule is Cc1ccc(OCc2cccc3ccccc23)c(/C=C2\SC(=S)N(C)C2=O)c1. The molecule has 0 aromatic heterocycles. The summed E-state index contributed by atoms with van der Waals surface area (Å²) in [7, 11) is 1.70. The lowest BCUT2D eigenvalue weighted by molar-refractivity contribution is -0.121. The summed E-state index contributed by atoms with van der Waals surface area (Å²) >= 11 is 6.55. The van der Waals surface area contributed by atoms with Crippen molar-refractivity contribution in [2.45, 2.75) is 13.5 Å². The van der Waals surface area contributed by atoms with E-state index >= 15 is 0 Å². The van der Waals surface area contributed by atoms with E-state index in [4.69, 9.17) is 17.0 Å². The number of hydrogen-bond acceptors (Lipinski definition) is 4. The number of thiocarbonyl (C=S) groups is 1. The van der Waals surface area contributed by atoms with Gasteiger partial charge in [0.25, 0.3) is 5.91 Å². The van der Waals surface area contributed by atoms with Gasteiger partial charge in [0.15, 0.2) is 0 Å². The lowest BCUT2D eigenvalue weighted by Gasteiger charge is -2.12. The van der Waals surface area contributed by atoms with Crippen molar-refractivity contribution >= 4 is 51.1 Å². The molecule has 1 aliphatic rings. The molecule has 1 heterocycles. The Morgan fingerprint density at radius 2 is 1.89 bits per heavy atom. The normalized spacial score (nSPS) is 15.6. The summed E-state index contributed by atoms with van der Waals surface area (Å²) in [4.78, 5) is 14.5. The first-order valence-electron chi connectivity index (χ1n) is 8.94. The molecule has 3 nitrogen and oxygen atoms in total. The molecule has 3 aromatic carbocycles. The molecule has 1 aliphatic heterocycles. The Morgan fingerprint density at radius 1 is 1.11 bits per heavy atom. The van der Waals surface area contributed by atoms with Crippen LogP contribution in [0.15, 0.2) is 65.6 Å². The highest BCUT2D eigenvalue weighted by molar-refractivity contribution is 8.26. The molecular weight excluding hydrogens is 386 g/mol. The number of benzene rings is 3. The third-order valence-corrected chi connectivity index (χ3v) is 6.19. The maximum absolute atomic E-state index is 12.4. The number of likely N-dealkylation sites (N-methyl/N-ethyl adjacent to an activating group) is 1. The van der Waals surface area contributed by atoms with Crippen molar-refractivity contribution in [3.8, 4) is 5.75 Å². The van der Waals surface area contributed by atoms with Gasteiger partial charge >= 0.3 is 0 Å². The average molecular weight is 406 g/mol. The zero-order chi connectivity index (χ0) is 19.7. The van der Waals surface area contributed by atoms with Crippen molar-refractivity contribution in [1.82, 2.24) is 4.90 Å². The Morgan fingerprint density at radius 3 is 2.68 bits per heavy atom. The molecule has 28 heavy (non-hydrogen) atoms. The first kappa shape index (κ1) is 18.7. The van der Waals surface area contributed by atoms with Crippen LogP contribution in [0.3, 0.4) is 0 Å². The second-order valence-corrected chi connectivity index (χ2v) is 8.38. The summed E-state index contributed by atoms with van der Waals surface area (Å²) in [5, 5.41) is 2.38. The monoisotopic (exact) mass is 405 g/mol. The zero-order valence-corrected chi connectivity index (χ0v) is 17.3. The number of carbonyl (C=O) groups is 1. The highest BCUT2D eigenvalue weighted by atomic mass is 32.2. The first-order chi connectivity index (χ1) is 13.5. The van der Waals surface area contributed by atoms with Crippen LogP contribution in [0.2, 0.25) is 0 Å². The smallest absolute Gasteiger partial charge is 0.265 e. The van der Waals surface area contributed by atoms with Crippen molar-refractivity contribution in [3.05, 3.63) is 82.3 Å². The minimum atomic E-state index is -0.0727. The van der Waals surface area contributed by atoms with Crippen LogP contribution in [-0.4, -0.2) is 22.2 Å². The minimum Gasteiger partial charge on any atom is -0.488 e. The van der Waals surface area contributed by atoms with Gasteiger partial charge in [0.05, 0.1) is 4.91 Å². The molecular formula is C23H19NO2S2. The summed E-state index contributed by atoms with van der Waals surface area (Å²) in [6.07, 6.45) is 1.87. The van der Waals surface area contributed by atoms with Gasteiger partial charge in [0.2, 0.25) is 0 Å². The van der Waals surface area contributed by atoms with Crippen molar-refractivity contribution in [2.75, 3.05) is 7.05 Å². The van der Waals surface area contributed by atoms with E-state index < -0.39 is 0 Å². The van der Waals surface area contributed by atoms with E-state index in [1.807, 2.05) is 49.4 Å². The number of fused-ring (bicyclic) bond motifs is 1. The quantitative estimate of drug-likeness (QED) is 0.420. The van der Waals surface area contributed by atoms with Gasteiger partial charge in [-0.2, -0.15) is 0 Å². The van der Waals surface area contributed by atoms with E-state index in [2.05, 4.69) is 24.3 Å². The molecule has 5 heteroatoms. The maximum atomic E-state index is 12.4. The Bertz CT molecular complexity index is 1120. The fraction of sp³-hybridized carbons (Fsp3) is 0.130. The van der Waals surface area contributed by atoms with Gasteiger partial charge in [0, 0.05) is 12.6 Å². The highest BCUT2D eigenvalue weighted by Gasteiger charge is 2.28. The fourth-order valence-electron chi connectivity index (χ4n) is 3.17.